The zero-order chi connectivity index (χ0) is 22.7. The van der Waals surface area contributed by atoms with Crippen LogP contribution in [0.1, 0.15) is 24.1 Å². The summed E-state index contributed by atoms with van der Waals surface area (Å²) < 4.78 is 69.3. The third-order valence-electron chi connectivity index (χ3n) is 4.22. The van der Waals surface area contributed by atoms with Crippen LogP contribution in [-0.4, -0.2) is 34.2 Å². The summed E-state index contributed by atoms with van der Waals surface area (Å²) in [6, 6.07) is 9.04. The molecule has 11 heteroatoms. The van der Waals surface area contributed by atoms with E-state index in [1.165, 1.54) is 7.11 Å². The van der Waals surface area contributed by atoms with E-state index in [1.54, 1.807) is 31.2 Å². The van der Waals surface area contributed by atoms with Crippen molar-refractivity contribution in [1.82, 2.24) is 5.32 Å². The number of methoxy groups -OCH3 is 1. The van der Waals surface area contributed by atoms with E-state index in [-0.39, 0.29) is 5.69 Å². The van der Waals surface area contributed by atoms with Gasteiger partial charge in [-0.2, -0.15) is 13.2 Å². The first-order valence-electron chi connectivity index (χ1n) is 8.60. The van der Waals surface area contributed by atoms with Crippen molar-refractivity contribution in [2.75, 3.05) is 24.2 Å². The number of alkyl halides is 3. The molecule has 1 atom stereocenters. The molecule has 6 nitrogen and oxygen atoms in total. The fourth-order valence-electron chi connectivity index (χ4n) is 2.68. The lowest BCUT2D eigenvalue weighted by Crippen LogP contribution is -2.41. The first-order valence-corrected chi connectivity index (χ1v) is 10.8. The summed E-state index contributed by atoms with van der Waals surface area (Å²) in [5.74, 6) is -0.0593. The largest absolute Gasteiger partial charge is 0.497 e. The van der Waals surface area contributed by atoms with E-state index < -0.39 is 45.3 Å². The highest BCUT2D eigenvalue weighted by Gasteiger charge is 2.34. The summed E-state index contributed by atoms with van der Waals surface area (Å²) in [7, 11) is -2.54. The highest BCUT2D eigenvalue weighted by Crippen LogP contribution is 2.37. The van der Waals surface area contributed by atoms with Gasteiger partial charge in [0.05, 0.1) is 35.7 Å². The third-order valence-corrected chi connectivity index (χ3v) is 5.69. The summed E-state index contributed by atoms with van der Waals surface area (Å²) in [6.07, 6.45) is -3.98. The number of ether oxygens (including phenoxy) is 1. The van der Waals surface area contributed by atoms with Crippen molar-refractivity contribution in [1.29, 1.82) is 0 Å². The summed E-state index contributed by atoms with van der Waals surface area (Å²) in [5, 5.41) is 2.06. The highest BCUT2D eigenvalue weighted by molar-refractivity contribution is 7.92. The van der Waals surface area contributed by atoms with Crippen LogP contribution in [0.2, 0.25) is 5.02 Å². The summed E-state index contributed by atoms with van der Waals surface area (Å²) in [5.41, 5.74) is -0.773. The van der Waals surface area contributed by atoms with Gasteiger partial charge in [0, 0.05) is 0 Å². The van der Waals surface area contributed by atoms with Crippen LogP contribution in [0.3, 0.4) is 0 Å². The van der Waals surface area contributed by atoms with Crippen molar-refractivity contribution in [2.24, 2.45) is 0 Å². The van der Waals surface area contributed by atoms with E-state index in [9.17, 15) is 26.4 Å². The Labute approximate surface area is 177 Å². The molecule has 0 aliphatic heterocycles. The van der Waals surface area contributed by atoms with Crippen molar-refractivity contribution < 1.29 is 31.1 Å². The van der Waals surface area contributed by atoms with Crippen molar-refractivity contribution in [3.8, 4) is 5.75 Å². The number of hydrogen-bond donors (Lipinski definition) is 1. The summed E-state index contributed by atoms with van der Waals surface area (Å²) in [4.78, 5) is 12.4. The number of benzene rings is 2. The predicted octanol–water partition coefficient (Wildman–Crippen LogP) is 4.01. The van der Waals surface area contributed by atoms with Crippen LogP contribution in [0.5, 0.6) is 5.75 Å². The number of carbonyl (C=O) groups excluding carboxylic acids is 1. The Hall–Kier alpha value is -2.46. The number of carbonyl (C=O) groups is 1. The Morgan fingerprint density at radius 1 is 1.20 bits per heavy atom. The second-order valence-electron chi connectivity index (χ2n) is 6.49. The van der Waals surface area contributed by atoms with Gasteiger partial charge in [-0.3, -0.25) is 9.10 Å². The molecule has 2 rings (SSSR count). The molecule has 2 aromatic rings. The number of nitrogens with one attached hydrogen (secondary N) is 1. The normalized spacial score (nSPS) is 12.9. The van der Waals surface area contributed by atoms with E-state index in [0.717, 1.165) is 24.0 Å². The zero-order valence-electron chi connectivity index (χ0n) is 16.3. The topological polar surface area (TPSA) is 75.7 Å². The van der Waals surface area contributed by atoms with E-state index in [0.29, 0.717) is 16.1 Å². The van der Waals surface area contributed by atoms with E-state index in [1.807, 2.05) is 0 Å². The van der Waals surface area contributed by atoms with Crippen molar-refractivity contribution in [3.63, 3.8) is 0 Å². The number of anilines is 1. The first-order chi connectivity index (χ1) is 13.8. The number of sulfonamides is 1. The van der Waals surface area contributed by atoms with Crippen LogP contribution in [0.15, 0.2) is 42.5 Å². The van der Waals surface area contributed by atoms with Gasteiger partial charge in [0.2, 0.25) is 15.9 Å². The SMILES string of the molecule is COc1ccc([C@H](C)NC(=O)CN(c2ccc(Cl)c(C(F)(F)F)c2)S(C)(=O)=O)cc1. The molecule has 0 aliphatic rings. The lowest BCUT2D eigenvalue weighted by molar-refractivity contribution is -0.137. The minimum Gasteiger partial charge on any atom is -0.497 e. The number of halogens is 4. The molecule has 0 unspecified atom stereocenters. The summed E-state index contributed by atoms with van der Waals surface area (Å²) >= 11 is 5.59. The molecule has 0 fully saturated rings. The number of rotatable bonds is 7. The Morgan fingerprint density at radius 2 is 1.80 bits per heavy atom. The Kier molecular flexibility index (Phi) is 7.25. The molecule has 0 bridgehead atoms. The van der Waals surface area contributed by atoms with Gasteiger partial charge in [0.25, 0.3) is 0 Å². The standard InChI is InChI=1S/C19H20ClF3N2O4S/c1-12(13-4-7-15(29-2)8-5-13)24-18(26)11-25(30(3,27)28)14-6-9-17(20)16(10-14)19(21,22)23/h4-10,12H,11H2,1-3H3,(H,24,26)/t12-/m0/s1. The summed E-state index contributed by atoms with van der Waals surface area (Å²) in [6.45, 7) is 0.993. The maximum Gasteiger partial charge on any atom is 0.417 e. The molecular weight excluding hydrogens is 445 g/mol. The molecule has 164 valence electrons. The van der Waals surface area contributed by atoms with Gasteiger partial charge in [-0.1, -0.05) is 23.7 Å². The average Bonchev–Trinajstić information content (AvgIpc) is 2.65. The monoisotopic (exact) mass is 464 g/mol. The third kappa shape index (κ3) is 6.02. The average molecular weight is 465 g/mol. The van der Waals surface area contributed by atoms with Crippen LogP contribution in [0.25, 0.3) is 0 Å². The molecule has 1 N–H and O–H groups in total. The Morgan fingerprint density at radius 3 is 2.30 bits per heavy atom. The van der Waals surface area contributed by atoms with Gasteiger partial charge in [0.15, 0.2) is 0 Å². The van der Waals surface area contributed by atoms with Gasteiger partial charge in [-0.15, -0.1) is 0 Å². The van der Waals surface area contributed by atoms with Crippen LogP contribution in [0.4, 0.5) is 18.9 Å². The number of nitrogens with zero attached hydrogens (tertiary/aromatic N) is 1. The van der Waals surface area contributed by atoms with Gasteiger partial charge in [-0.05, 0) is 42.8 Å². The lowest BCUT2D eigenvalue weighted by Gasteiger charge is -2.24. The number of amides is 1. The van der Waals surface area contributed by atoms with Gasteiger partial charge >= 0.3 is 6.18 Å². The molecule has 0 aromatic heterocycles. The molecule has 1 amide bonds. The van der Waals surface area contributed by atoms with E-state index >= 15 is 0 Å². The van der Waals surface area contributed by atoms with Gasteiger partial charge in [-0.25, -0.2) is 8.42 Å². The fraction of sp³-hybridized carbons (Fsp3) is 0.316. The van der Waals surface area contributed by atoms with Gasteiger partial charge < -0.3 is 10.1 Å². The molecule has 0 aliphatic carbocycles. The maximum atomic E-state index is 13.1. The van der Waals surface area contributed by atoms with Crippen molar-refractivity contribution >= 4 is 33.2 Å². The van der Waals surface area contributed by atoms with Crippen molar-refractivity contribution in [3.05, 3.63) is 58.6 Å². The maximum absolute atomic E-state index is 13.1. The quantitative estimate of drug-likeness (QED) is 0.671. The second-order valence-corrected chi connectivity index (χ2v) is 8.81. The lowest BCUT2D eigenvalue weighted by atomic mass is 10.1. The Balaban J connectivity index is 2.24. The van der Waals surface area contributed by atoms with Crippen LogP contribution < -0.4 is 14.4 Å². The minimum atomic E-state index is -4.78. The second kappa shape index (κ2) is 9.13. The van der Waals surface area contributed by atoms with Gasteiger partial charge in [0.1, 0.15) is 12.3 Å². The van der Waals surface area contributed by atoms with Crippen LogP contribution in [0, 0.1) is 0 Å². The predicted molar refractivity (Wildman–Crippen MR) is 108 cm³/mol. The fourth-order valence-corrected chi connectivity index (χ4v) is 3.75. The molecule has 0 radical (unpaired) electrons. The Bertz CT molecular complexity index is 1010. The van der Waals surface area contributed by atoms with E-state index in [2.05, 4.69) is 5.32 Å². The smallest absolute Gasteiger partial charge is 0.417 e. The van der Waals surface area contributed by atoms with Crippen LogP contribution >= 0.6 is 11.6 Å². The zero-order valence-corrected chi connectivity index (χ0v) is 17.9. The number of hydrogen-bond acceptors (Lipinski definition) is 4. The van der Waals surface area contributed by atoms with Crippen LogP contribution in [-0.2, 0) is 21.0 Å². The van der Waals surface area contributed by atoms with Crippen molar-refractivity contribution in [2.45, 2.75) is 19.1 Å². The minimum absolute atomic E-state index is 0.318. The molecule has 0 saturated heterocycles. The molecule has 30 heavy (non-hydrogen) atoms. The molecule has 2 aromatic carbocycles. The van der Waals surface area contributed by atoms with E-state index in [4.69, 9.17) is 16.3 Å². The first kappa shape index (κ1) is 23.8. The molecular formula is C19H20ClF3N2O4S. The molecule has 0 saturated carbocycles. The highest BCUT2D eigenvalue weighted by atomic mass is 35.5. The molecule has 0 spiro atoms. The molecule has 0 heterocycles.